The summed E-state index contributed by atoms with van der Waals surface area (Å²) in [5.74, 6) is 0.350. The third-order valence-electron chi connectivity index (χ3n) is 3.59. The Morgan fingerprint density at radius 1 is 1.35 bits per heavy atom. The summed E-state index contributed by atoms with van der Waals surface area (Å²) in [6.07, 6.45) is 4.41. The third-order valence-corrected chi connectivity index (χ3v) is 5.53. The summed E-state index contributed by atoms with van der Waals surface area (Å²) in [7, 11) is -3.06. The van der Waals surface area contributed by atoms with E-state index in [-0.39, 0.29) is 11.4 Å². The van der Waals surface area contributed by atoms with E-state index in [2.05, 4.69) is 0 Å². The fourth-order valence-electron chi connectivity index (χ4n) is 2.51. The molecule has 2 rings (SSSR count). The van der Waals surface area contributed by atoms with Crippen molar-refractivity contribution < 1.29 is 17.9 Å². The molecule has 1 aliphatic rings. The molecule has 0 saturated heterocycles. The molecule has 110 valence electrons. The molecule has 1 fully saturated rings. The molecule has 0 amide bonds. The molecule has 2 atom stereocenters. The zero-order valence-electron chi connectivity index (χ0n) is 11.2. The van der Waals surface area contributed by atoms with Gasteiger partial charge in [-0.3, -0.25) is 4.79 Å². The van der Waals surface area contributed by atoms with Crippen molar-refractivity contribution in [3.8, 4) is 5.75 Å². The van der Waals surface area contributed by atoms with Crippen molar-refractivity contribution in [2.45, 2.75) is 37.0 Å². The van der Waals surface area contributed by atoms with Gasteiger partial charge in [0, 0.05) is 12.7 Å². The van der Waals surface area contributed by atoms with Gasteiger partial charge in [0.25, 0.3) is 0 Å². The van der Waals surface area contributed by atoms with Gasteiger partial charge in [0.2, 0.25) is 0 Å². The number of benzene rings is 1. The fraction of sp³-hybridized carbons (Fsp3) is 0.500. The summed E-state index contributed by atoms with van der Waals surface area (Å²) in [6, 6.07) is 4.96. The van der Waals surface area contributed by atoms with E-state index < -0.39 is 9.84 Å². The lowest BCUT2D eigenvalue weighted by atomic mass is 9.97. The van der Waals surface area contributed by atoms with E-state index in [1.165, 1.54) is 6.26 Å². The molecular weight excluding hydrogens is 300 g/mol. The first-order chi connectivity index (χ1) is 9.41. The van der Waals surface area contributed by atoms with Crippen LogP contribution in [-0.2, 0) is 9.84 Å². The Kier molecular flexibility index (Phi) is 4.70. The van der Waals surface area contributed by atoms with Crippen molar-refractivity contribution in [2.24, 2.45) is 0 Å². The van der Waals surface area contributed by atoms with Gasteiger partial charge in [0.1, 0.15) is 21.7 Å². The van der Waals surface area contributed by atoms with Crippen LogP contribution in [0.2, 0.25) is 5.02 Å². The Morgan fingerprint density at radius 3 is 2.75 bits per heavy atom. The van der Waals surface area contributed by atoms with E-state index in [0.717, 1.165) is 12.8 Å². The zero-order chi connectivity index (χ0) is 14.8. The van der Waals surface area contributed by atoms with Crippen LogP contribution in [0, 0.1) is 0 Å². The van der Waals surface area contributed by atoms with Crippen LogP contribution >= 0.6 is 11.6 Å². The highest BCUT2D eigenvalue weighted by Gasteiger charge is 2.30. The second kappa shape index (κ2) is 6.14. The van der Waals surface area contributed by atoms with Crippen LogP contribution < -0.4 is 4.74 Å². The predicted molar refractivity (Wildman–Crippen MR) is 78.4 cm³/mol. The van der Waals surface area contributed by atoms with Gasteiger partial charge < -0.3 is 4.74 Å². The Morgan fingerprint density at radius 2 is 2.10 bits per heavy atom. The predicted octanol–water partition coefficient (Wildman–Crippen LogP) is 2.89. The molecule has 0 spiro atoms. The van der Waals surface area contributed by atoms with Crippen molar-refractivity contribution >= 4 is 27.7 Å². The molecule has 4 nitrogen and oxygen atoms in total. The molecule has 1 saturated carbocycles. The highest BCUT2D eigenvalue weighted by molar-refractivity contribution is 7.91. The monoisotopic (exact) mass is 316 g/mol. The number of halogens is 1. The quantitative estimate of drug-likeness (QED) is 0.801. The van der Waals surface area contributed by atoms with Crippen LogP contribution in [0.4, 0.5) is 0 Å². The number of hydrogen-bond acceptors (Lipinski definition) is 4. The molecule has 1 aliphatic carbocycles. The molecule has 20 heavy (non-hydrogen) atoms. The summed E-state index contributed by atoms with van der Waals surface area (Å²) in [5.41, 5.74) is 0.388. The van der Waals surface area contributed by atoms with Gasteiger partial charge in [-0.05, 0) is 31.4 Å². The van der Waals surface area contributed by atoms with Crippen LogP contribution in [-0.4, -0.2) is 32.3 Å². The van der Waals surface area contributed by atoms with Crippen LogP contribution in [0.1, 0.15) is 36.0 Å². The summed E-state index contributed by atoms with van der Waals surface area (Å²) in [4.78, 5) is 11.0. The summed E-state index contributed by atoms with van der Waals surface area (Å²) in [6.45, 7) is 0. The molecule has 0 aromatic heterocycles. The number of para-hydroxylation sites is 1. The highest BCUT2D eigenvalue weighted by Crippen LogP contribution is 2.33. The lowest BCUT2D eigenvalue weighted by molar-refractivity contribution is 0.111. The molecule has 1 aromatic rings. The van der Waals surface area contributed by atoms with Gasteiger partial charge in [-0.1, -0.05) is 17.7 Å². The Hall–Kier alpha value is -1.07. The molecule has 0 radical (unpaired) electrons. The first kappa shape index (κ1) is 15.3. The average molecular weight is 317 g/mol. The maximum atomic E-state index is 11.6. The molecule has 0 heterocycles. The van der Waals surface area contributed by atoms with Gasteiger partial charge in [0.05, 0.1) is 15.8 Å². The van der Waals surface area contributed by atoms with E-state index in [1.807, 2.05) is 0 Å². The average Bonchev–Trinajstić information content (AvgIpc) is 2.40. The van der Waals surface area contributed by atoms with Crippen LogP contribution in [0.5, 0.6) is 5.75 Å². The molecular formula is C14H17ClO4S. The normalized spacial score (nSPS) is 23.3. The Balaban J connectivity index is 2.16. The number of carbonyl (C=O) groups excluding carboxylic acids is 1. The second-order valence-electron chi connectivity index (χ2n) is 5.13. The molecule has 2 unspecified atom stereocenters. The maximum absolute atomic E-state index is 11.6. The van der Waals surface area contributed by atoms with Gasteiger partial charge in [-0.15, -0.1) is 0 Å². The minimum Gasteiger partial charge on any atom is -0.488 e. The Bertz CT molecular complexity index is 597. The highest BCUT2D eigenvalue weighted by atomic mass is 35.5. The van der Waals surface area contributed by atoms with E-state index >= 15 is 0 Å². The van der Waals surface area contributed by atoms with Gasteiger partial charge in [-0.2, -0.15) is 0 Å². The molecule has 6 heteroatoms. The topological polar surface area (TPSA) is 60.4 Å². The molecule has 0 N–H and O–H groups in total. The van der Waals surface area contributed by atoms with Crippen LogP contribution in [0.15, 0.2) is 18.2 Å². The number of carbonyl (C=O) groups is 1. The van der Waals surface area contributed by atoms with Crippen molar-refractivity contribution in [2.75, 3.05) is 6.26 Å². The van der Waals surface area contributed by atoms with E-state index in [4.69, 9.17) is 16.3 Å². The summed E-state index contributed by atoms with van der Waals surface area (Å²) >= 11 is 6.05. The SMILES string of the molecule is CS(=O)(=O)C1CCCC(Oc2c(Cl)cccc2C=O)C1. The number of hydrogen-bond donors (Lipinski definition) is 0. The van der Waals surface area contributed by atoms with Crippen LogP contribution in [0.25, 0.3) is 0 Å². The second-order valence-corrected chi connectivity index (χ2v) is 7.87. The van der Waals surface area contributed by atoms with Crippen molar-refractivity contribution in [3.05, 3.63) is 28.8 Å². The van der Waals surface area contributed by atoms with Gasteiger partial charge in [-0.25, -0.2) is 8.42 Å². The summed E-state index contributed by atoms with van der Waals surface area (Å²) in [5, 5.41) is -0.000465. The molecule has 0 aliphatic heterocycles. The standard InChI is InChI=1S/C14H17ClO4S/c1-20(17,18)12-6-3-5-11(8-12)19-14-10(9-16)4-2-7-13(14)15/h2,4,7,9,11-12H,3,5-6,8H2,1H3. The zero-order valence-corrected chi connectivity index (χ0v) is 12.8. The van der Waals surface area contributed by atoms with E-state index in [0.29, 0.717) is 35.5 Å². The minimum absolute atomic E-state index is 0.220. The van der Waals surface area contributed by atoms with Gasteiger partial charge in [0.15, 0.2) is 6.29 Å². The Labute approximate surface area is 124 Å². The van der Waals surface area contributed by atoms with Gasteiger partial charge >= 0.3 is 0 Å². The van der Waals surface area contributed by atoms with Crippen molar-refractivity contribution in [1.82, 2.24) is 0 Å². The number of rotatable bonds is 4. The minimum atomic E-state index is -3.06. The largest absolute Gasteiger partial charge is 0.488 e. The number of ether oxygens (including phenoxy) is 1. The lowest BCUT2D eigenvalue weighted by Gasteiger charge is -2.29. The number of aldehydes is 1. The molecule has 0 bridgehead atoms. The first-order valence-electron chi connectivity index (χ1n) is 6.51. The van der Waals surface area contributed by atoms with E-state index in [9.17, 15) is 13.2 Å². The first-order valence-corrected chi connectivity index (χ1v) is 8.84. The number of sulfone groups is 1. The van der Waals surface area contributed by atoms with E-state index in [1.54, 1.807) is 18.2 Å². The van der Waals surface area contributed by atoms with Crippen molar-refractivity contribution in [1.29, 1.82) is 0 Å². The smallest absolute Gasteiger partial charge is 0.153 e. The summed E-state index contributed by atoms with van der Waals surface area (Å²) < 4.78 is 29.1. The fourth-order valence-corrected chi connectivity index (χ4v) is 3.89. The lowest BCUT2D eigenvalue weighted by Crippen LogP contribution is -2.33. The maximum Gasteiger partial charge on any atom is 0.153 e. The van der Waals surface area contributed by atoms with Crippen LogP contribution in [0.3, 0.4) is 0 Å². The van der Waals surface area contributed by atoms with Crippen molar-refractivity contribution in [3.63, 3.8) is 0 Å². The molecule has 1 aromatic carbocycles. The third kappa shape index (κ3) is 3.52.